The number of nitrogen functional groups attached to an aromatic ring is 1. The van der Waals surface area contributed by atoms with E-state index < -0.39 is 0 Å². The standard InChI is InChI=1S/C13H19BrN2O2/c1-9-8-18-11(7-17)6-16(9)5-10-2-3-12(14)13(15)4-10/h2-4,9,11,17H,5-8,15H2,1H3. The quantitative estimate of drug-likeness (QED) is 0.832. The van der Waals surface area contributed by atoms with Crippen LogP contribution in [0.15, 0.2) is 22.7 Å². The number of anilines is 1. The van der Waals surface area contributed by atoms with Crippen LogP contribution in [-0.2, 0) is 11.3 Å². The van der Waals surface area contributed by atoms with E-state index in [0.717, 1.165) is 23.2 Å². The third kappa shape index (κ3) is 3.23. The van der Waals surface area contributed by atoms with Gasteiger partial charge in [0.25, 0.3) is 0 Å². The van der Waals surface area contributed by atoms with Crippen LogP contribution in [0, 0.1) is 0 Å². The Bertz CT molecular complexity index is 414. The SMILES string of the molecule is CC1COC(CO)CN1Cc1ccc(Br)c(N)c1. The number of morpholine rings is 1. The summed E-state index contributed by atoms with van der Waals surface area (Å²) >= 11 is 3.40. The maximum absolute atomic E-state index is 9.16. The molecule has 1 heterocycles. The molecule has 0 amide bonds. The maximum atomic E-state index is 9.16. The number of hydrogen-bond donors (Lipinski definition) is 2. The van der Waals surface area contributed by atoms with Gasteiger partial charge in [-0.3, -0.25) is 4.90 Å². The number of benzene rings is 1. The zero-order chi connectivity index (χ0) is 13.1. The van der Waals surface area contributed by atoms with Crippen LogP contribution < -0.4 is 5.73 Å². The van der Waals surface area contributed by atoms with Crippen LogP contribution in [0.4, 0.5) is 5.69 Å². The molecule has 4 nitrogen and oxygen atoms in total. The van der Waals surface area contributed by atoms with Gasteiger partial charge in [0, 0.05) is 29.3 Å². The highest BCUT2D eigenvalue weighted by molar-refractivity contribution is 9.10. The minimum absolute atomic E-state index is 0.0750. The van der Waals surface area contributed by atoms with Gasteiger partial charge in [-0.15, -0.1) is 0 Å². The number of aliphatic hydroxyl groups excluding tert-OH is 1. The second-order valence-corrected chi connectivity index (χ2v) is 5.63. The Morgan fingerprint density at radius 2 is 2.33 bits per heavy atom. The first-order valence-corrected chi connectivity index (χ1v) is 6.90. The van der Waals surface area contributed by atoms with E-state index in [2.05, 4.69) is 33.8 Å². The normalized spacial score (nSPS) is 25.3. The van der Waals surface area contributed by atoms with Crippen molar-refractivity contribution < 1.29 is 9.84 Å². The fourth-order valence-corrected chi connectivity index (χ4v) is 2.38. The summed E-state index contributed by atoms with van der Waals surface area (Å²) in [6.07, 6.45) is -0.0750. The van der Waals surface area contributed by atoms with Crippen molar-refractivity contribution in [2.24, 2.45) is 0 Å². The first-order valence-electron chi connectivity index (χ1n) is 6.10. The Morgan fingerprint density at radius 1 is 1.56 bits per heavy atom. The van der Waals surface area contributed by atoms with E-state index in [1.54, 1.807) is 0 Å². The summed E-state index contributed by atoms with van der Waals surface area (Å²) in [4.78, 5) is 2.31. The van der Waals surface area contributed by atoms with E-state index >= 15 is 0 Å². The number of nitrogens with zero attached hydrogens (tertiary/aromatic N) is 1. The molecule has 1 aromatic carbocycles. The van der Waals surface area contributed by atoms with E-state index in [1.807, 2.05) is 12.1 Å². The lowest BCUT2D eigenvalue weighted by Crippen LogP contribution is -2.48. The second kappa shape index (κ2) is 6.02. The highest BCUT2D eigenvalue weighted by atomic mass is 79.9. The van der Waals surface area contributed by atoms with E-state index in [1.165, 1.54) is 5.56 Å². The fraction of sp³-hybridized carbons (Fsp3) is 0.538. The van der Waals surface area contributed by atoms with Gasteiger partial charge in [-0.25, -0.2) is 0 Å². The zero-order valence-electron chi connectivity index (χ0n) is 10.5. The van der Waals surface area contributed by atoms with Crippen LogP contribution in [0.3, 0.4) is 0 Å². The van der Waals surface area contributed by atoms with Crippen LogP contribution in [-0.4, -0.2) is 41.9 Å². The minimum Gasteiger partial charge on any atom is -0.398 e. The Balaban J connectivity index is 2.04. The van der Waals surface area contributed by atoms with E-state index in [4.69, 9.17) is 15.6 Å². The second-order valence-electron chi connectivity index (χ2n) is 4.77. The molecule has 1 aromatic rings. The van der Waals surface area contributed by atoms with Crippen molar-refractivity contribution in [3.8, 4) is 0 Å². The third-order valence-electron chi connectivity index (χ3n) is 3.28. The van der Waals surface area contributed by atoms with Gasteiger partial charge in [-0.05, 0) is 40.5 Å². The van der Waals surface area contributed by atoms with Gasteiger partial charge >= 0.3 is 0 Å². The molecule has 0 spiro atoms. The lowest BCUT2D eigenvalue weighted by Gasteiger charge is -2.37. The van der Waals surface area contributed by atoms with Crippen molar-refractivity contribution in [1.82, 2.24) is 4.90 Å². The van der Waals surface area contributed by atoms with Crippen molar-refractivity contribution in [2.75, 3.05) is 25.5 Å². The lowest BCUT2D eigenvalue weighted by atomic mass is 10.1. The monoisotopic (exact) mass is 314 g/mol. The molecular formula is C13H19BrN2O2. The minimum atomic E-state index is -0.0750. The molecule has 0 saturated carbocycles. The summed E-state index contributed by atoms with van der Waals surface area (Å²) in [7, 11) is 0. The van der Waals surface area contributed by atoms with Crippen molar-refractivity contribution in [2.45, 2.75) is 25.6 Å². The predicted molar refractivity (Wildman–Crippen MR) is 75.3 cm³/mol. The van der Waals surface area contributed by atoms with Gasteiger partial charge in [0.2, 0.25) is 0 Å². The number of rotatable bonds is 3. The van der Waals surface area contributed by atoms with E-state index in [9.17, 15) is 0 Å². The average Bonchev–Trinajstić information content (AvgIpc) is 2.36. The Morgan fingerprint density at radius 3 is 3.00 bits per heavy atom. The Hall–Kier alpha value is -0.620. The number of hydrogen-bond acceptors (Lipinski definition) is 4. The Kier molecular flexibility index (Phi) is 4.61. The van der Waals surface area contributed by atoms with Crippen LogP contribution in [0.1, 0.15) is 12.5 Å². The van der Waals surface area contributed by atoms with E-state index in [-0.39, 0.29) is 12.7 Å². The molecule has 18 heavy (non-hydrogen) atoms. The molecule has 2 atom stereocenters. The molecule has 2 rings (SSSR count). The molecule has 0 aromatic heterocycles. The molecule has 1 fully saturated rings. The summed E-state index contributed by atoms with van der Waals surface area (Å²) in [5.41, 5.74) is 7.82. The van der Waals surface area contributed by atoms with Gasteiger partial charge in [0.05, 0.1) is 19.3 Å². The zero-order valence-corrected chi connectivity index (χ0v) is 12.1. The smallest absolute Gasteiger partial charge is 0.0933 e. The van der Waals surface area contributed by atoms with Crippen LogP contribution in [0.2, 0.25) is 0 Å². The fourth-order valence-electron chi connectivity index (χ4n) is 2.13. The van der Waals surface area contributed by atoms with Crippen molar-refractivity contribution in [3.63, 3.8) is 0 Å². The largest absolute Gasteiger partial charge is 0.398 e. The lowest BCUT2D eigenvalue weighted by molar-refractivity contribution is -0.0805. The van der Waals surface area contributed by atoms with Gasteiger partial charge in [-0.1, -0.05) is 6.07 Å². The number of halogens is 1. The van der Waals surface area contributed by atoms with Crippen molar-refractivity contribution in [3.05, 3.63) is 28.2 Å². The number of ether oxygens (including phenoxy) is 1. The van der Waals surface area contributed by atoms with Crippen LogP contribution in [0.5, 0.6) is 0 Å². The first-order chi connectivity index (χ1) is 8.60. The van der Waals surface area contributed by atoms with Crippen molar-refractivity contribution >= 4 is 21.6 Å². The number of nitrogens with two attached hydrogens (primary N) is 1. The molecule has 0 radical (unpaired) electrons. The molecule has 1 aliphatic heterocycles. The van der Waals surface area contributed by atoms with E-state index in [0.29, 0.717) is 12.6 Å². The average molecular weight is 315 g/mol. The molecular weight excluding hydrogens is 296 g/mol. The first kappa shape index (κ1) is 13.8. The molecule has 0 bridgehead atoms. The summed E-state index contributed by atoms with van der Waals surface area (Å²) in [6.45, 7) is 4.46. The van der Waals surface area contributed by atoms with Crippen molar-refractivity contribution in [1.29, 1.82) is 0 Å². The topological polar surface area (TPSA) is 58.7 Å². The molecule has 3 N–H and O–H groups in total. The highest BCUT2D eigenvalue weighted by Crippen LogP contribution is 2.22. The molecule has 2 unspecified atom stereocenters. The summed E-state index contributed by atoms with van der Waals surface area (Å²) in [5.74, 6) is 0. The summed E-state index contributed by atoms with van der Waals surface area (Å²) in [6, 6.07) is 6.38. The van der Waals surface area contributed by atoms with Gasteiger partial charge in [0.1, 0.15) is 0 Å². The molecule has 1 aliphatic rings. The molecule has 100 valence electrons. The highest BCUT2D eigenvalue weighted by Gasteiger charge is 2.25. The third-order valence-corrected chi connectivity index (χ3v) is 4.01. The summed E-state index contributed by atoms with van der Waals surface area (Å²) in [5, 5.41) is 9.16. The molecule has 5 heteroatoms. The predicted octanol–water partition coefficient (Wildman–Crippen LogP) is 1.61. The molecule has 0 aliphatic carbocycles. The maximum Gasteiger partial charge on any atom is 0.0933 e. The van der Waals surface area contributed by atoms with Gasteiger partial charge < -0.3 is 15.6 Å². The van der Waals surface area contributed by atoms with Gasteiger partial charge in [0.15, 0.2) is 0 Å². The van der Waals surface area contributed by atoms with Crippen LogP contribution >= 0.6 is 15.9 Å². The van der Waals surface area contributed by atoms with Gasteiger partial charge in [-0.2, -0.15) is 0 Å². The number of aliphatic hydroxyl groups is 1. The molecule has 1 saturated heterocycles. The summed E-state index contributed by atoms with van der Waals surface area (Å²) < 4.78 is 6.45. The Labute approximate surface area is 116 Å². The van der Waals surface area contributed by atoms with Crippen LogP contribution in [0.25, 0.3) is 0 Å².